The number of rotatable bonds is 8. The number of fused-ring (bicyclic) bond motifs is 4. The van der Waals surface area contributed by atoms with E-state index in [9.17, 15) is 0 Å². The Bertz CT molecular complexity index is 2580. The van der Waals surface area contributed by atoms with Crippen molar-refractivity contribution < 1.29 is 0 Å². The van der Waals surface area contributed by atoms with Gasteiger partial charge in [-0.25, -0.2) is 0 Å². The van der Waals surface area contributed by atoms with E-state index in [4.69, 9.17) is 0 Å². The second-order valence-electron chi connectivity index (χ2n) is 16.1. The zero-order valence-corrected chi connectivity index (χ0v) is 37.4. The van der Waals surface area contributed by atoms with Crippen molar-refractivity contribution in [2.45, 2.75) is 98.8 Å². The number of benzene rings is 6. The van der Waals surface area contributed by atoms with Crippen molar-refractivity contribution in [1.29, 1.82) is 0 Å². The summed E-state index contributed by atoms with van der Waals surface area (Å²) in [5.41, 5.74) is 20.3. The van der Waals surface area contributed by atoms with Gasteiger partial charge in [-0.15, -0.1) is 5.73 Å². The van der Waals surface area contributed by atoms with Crippen LogP contribution in [-0.2, 0) is 10.8 Å². The Morgan fingerprint density at radius 3 is 1.92 bits per heavy atom. The van der Waals surface area contributed by atoms with E-state index in [0.717, 1.165) is 25.7 Å². The van der Waals surface area contributed by atoms with Crippen molar-refractivity contribution in [1.82, 2.24) is 0 Å². The molecule has 4 aliphatic carbocycles. The molecule has 10 rings (SSSR count). The minimum absolute atomic E-state index is 0.00838. The summed E-state index contributed by atoms with van der Waals surface area (Å²) in [5, 5.41) is 2.58. The van der Waals surface area contributed by atoms with E-state index >= 15 is 0 Å². The quantitative estimate of drug-likeness (QED) is 0.110. The molecule has 1 unspecified atom stereocenters. The second-order valence-corrected chi connectivity index (χ2v) is 16.1. The highest BCUT2D eigenvalue weighted by Crippen LogP contribution is 2.58. The van der Waals surface area contributed by atoms with Crippen molar-refractivity contribution in [2.75, 3.05) is 4.90 Å². The third-order valence-electron chi connectivity index (χ3n) is 12.9. The summed E-state index contributed by atoms with van der Waals surface area (Å²) in [4.78, 5) is 2.63. The standard InChI is InChI=1S/C53H45N.3C2H6/c1-36-49(52(2,3)40-24-16-25-40)34-39-19-12-13-26-45(39)51(36)54(43-30-29-38(33-43)37-17-10-11-18-37)44-31-32-47-46-27-14-15-28-48(46)53(50(47)35-44,41-20-6-4-7-21-41)42-22-8-5-9-23-42;3*1-2/h4-10,12-16,19-24,26-32,34-35,40H,11,18,25,33H2,1-3H3;3*1-2H3. The second kappa shape index (κ2) is 18.2. The molecule has 60 heavy (non-hydrogen) atoms. The van der Waals surface area contributed by atoms with Gasteiger partial charge in [-0.1, -0.05) is 195 Å². The topological polar surface area (TPSA) is 3.24 Å². The number of hydrogen-bond donors (Lipinski definition) is 0. The van der Waals surface area contributed by atoms with Gasteiger partial charge >= 0.3 is 0 Å². The molecule has 0 aromatic heterocycles. The summed E-state index contributed by atoms with van der Waals surface area (Å²) in [5.74, 6) is 0.523. The molecule has 1 atom stereocenters. The number of anilines is 2. The average molecular weight is 786 g/mol. The smallest absolute Gasteiger partial charge is 0.0714 e. The van der Waals surface area contributed by atoms with E-state index < -0.39 is 5.41 Å². The fourth-order valence-electron chi connectivity index (χ4n) is 10.0. The maximum atomic E-state index is 3.59. The van der Waals surface area contributed by atoms with Crippen LogP contribution >= 0.6 is 0 Å². The third kappa shape index (κ3) is 7.04. The van der Waals surface area contributed by atoms with Gasteiger partial charge in [0.05, 0.1) is 11.1 Å². The third-order valence-corrected chi connectivity index (χ3v) is 12.9. The first-order valence-corrected chi connectivity index (χ1v) is 22.7. The molecule has 304 valence electrons. The molecule has 0 fully saturated rings. The Morgan fingerprint density at radius 2 is 1.28 bits per heavy atom. The first kappa shape index (κ1) is 42.3. The Kier molecular flexibility index (Phi) is 12.8. The van der Waals surface area contributed by atoms with Crippen LogP contribution in [0.5, 0.6) is 0 Å². The summed E-state index contributed by atoms with van der Waals surface area (Å²) >= 11 is 0. The summed E-state index contributed by atoms with van der Waals surface area (Å²) in [6.45, 7) is 19.3. The summed E-state index contributed by atoms with van der Waals surface area (Å²) in [6, 6.07) is 50.2. The van der Waals surface area contributed by atoms with E-state index in [-0.39, 0.29) is 5.41 Å². The van der Waals surface area contributed by atoms with E-state index in [1.54, 1.807) is 0 Å². The Balaban J connectivity index is 0.000000871. The molecule has 4 aliphatic rings. The molecule has 0 heterocycles. The van der Waals surface area contributed by atoms with E-state index in [1.165, 1.54) is 83.5 Å². The molecular formula is C59H63N. The average Bonchev–Trinajstić information content (AvgIpc) is 4.06. The molecule has 0 N–H and O–H groups in total. The summed E-state index contributed by atoms with van der Waals surface area (Å²) < 4.78 is 0. The van der Waals surface area contributed by atoms with Crippen molar-refractivity contribution in [3.63, 3.8) is 0 Å². The molecule has 0 bridgehead atoms. The molecule has 0 aliphatic heterocycles. The predicted molar refractivity (Wildman–Crippen MR) is 260 cm³/mol. The number of allylic oxidation sites excluding steroid dienone is 6. The normalized spacial score (nSPS) is 16.4. The molecule has 0 amide bonds. The van der Waals surface area contributed by atoms with Gasteiger partial charge < -0.3 is 4.90 Å². The first-order valence-electron chi connectivity index (χ1n) is 22.7. The lowest BCUT2D eigenvalue weighted by molar-refractivity contribution is 0.360. The Labute approximate surface area is 361 Å². The monoisotopic (exact) mass is 785 g/mol. The van der Waals surface area contributed by atoms with Gasteiger partial charge in [0.25, 0.3) is 0 Å². The molecular weight excluding hydrogens is 723 g/mol. The molecule has 6 aromatic carbocycles. The molecule has 1 heteroatoms. The minimum atomic E-state index is -0.472. The van der Waals surface area contributed by atoms with Gasteiger partial charge in [0.1, 0.15) is 0 Å². The molecule has 6 aromatic rings. The van der Waals surface area contributed by atoms with Crippen LogP contribution in [0.25, 0.3) is 21.9 Å². The fraction of sp³-hybridized carbons (Fsp3) is 0.271. The largest absolute Gasteiger partial charge is 0.313 e. The van der Waals surface area contributed by atoms with Gasteiger partial charge in [-0.2, -0.15) is 0 Å². The van der Waals surface area contributed by atoms with Crippen LogP contribution in [0.2, 0.25) is 0 Å². The van der Waals surface area contributed by atoms with E-state index in [1.807, 2.05) is 41.5 Å². The SMILES string of the molecule is CC.CC.CC.Cc1c(C(C)(C)C2C=CC2)cc2ccccc2c1N(C1=CC=C(C2=C=CCC2)C1)c1ccc2c(c1)C(c1ccccc1)(c1ccccc1)c1ccccc1-2. The van der Waals surface area contributed by atoms with Gasteiger partial charge in [-0.05, 0) is 123 Å². The molecule has 0 saturated heterocycles. The van der Waals surface area contributed by atoms with Crippen LogP contribution < -0.4 is 4.90 Å². The van der Waals surface area contributed by atoms with Crippen molar-refractivity contribution in [3.05, 3.63) is 220 Å². The maximum Gasteiger partial charge on any atom is 0.0714 e. The van der Waals surface area contributed by atoms with Gasteiger partial charge in [0.15, 0.2) is 0 Å². The van der Waals surface area contributed by atoms with Crippen LogP contribution in [0.1, 0.15) is 114 Å². The Morgan fingerprint density at radius 1 is 0.667 bits per heavy atom. The first-order chi connectivity index (χ1) is 29.5. The van der Waals surface area contributed by atoms with Crippen LogP contribution in [0.3, 0.4) is 0 Å². The molecule has 0 saturated carbocycles. The van der Waals surface area contributed by atoms with Crippen LogP contribution in [0, 0.1) is 12.8 Å². The highest BCUT2D eigenvalue weighted by atomic mass is 15.2. The summed E-state index contributed by atoms with van der Waals surface area (Å²) in [7, 11) is 0. The van der Waals surface area contributed by atoms with Gasteiger partial charge in [0, 0.05) is 23.2 Å². The number of nitrogens with zero attached hydrogens (tertiary/aromatic N) is 1. The lowest BCUT2D eigenvalue weighted by Gasteiger charge is -2.40. The highest BCUT2D eigenvalue weighted by Gasteiger charge is 2.46. The minimum Gasteiger partial charge on any atom is -0.313 e. The van der Waals surface area contributed by atoms with Crippen LogP contribution in [-0.4, -0.2) is 0 Å². The number of hydrogen-bond acceptors (Lipinski definition) is 1. The molecule has 1 nitrogen and oxygen atoms in total. The lowest BCUT2D eigenvalue weighted by Crippen LogP contribution is -2.32. The van der Waals surface area contributed by atoms with Crippen molar-refractivity contribution in [3.8, 4) is 11.1 Å². The summed E-state index contributed by atoms with van der Waals surface area (Å²) in [6.07, 6.45) is 15.8. The van der Waals surface area contributed by atoms with Crippen molar-refractivity contribution >= 4 is 22.1 Å². The molecule has 0 spiro atoms. The van der Waals surface area contributed by atoms with Gasteiger partial charge in [0.2, 0.25) is 0 Å². The van der Waals surface area contributed by atoms with Crippen LogP contribution in [0.4, 0.5) is 11.4 Å². The highest BCUT2D eigenvalue weighted by molar-refractivity contribution is 6.01. The van der Waals surface area contributed by atoms with Crippen molar-refractivity contribution in [2.24, 2.45) is 5.92 Å². The molecule has 0 radical (unpaired) electrons. The maximum absolute atomic E-state index is 3.59. The van der Waals surface area contributed by atoms with Crippen LogP contribution in [0.15, 0.2) is 186 Å². The van der Waals surface area contributed by atoms with E-state index in [0.29, 0.717) is 5.92 Å². The predicted octanol–water partition coefficient (Wildman–Crippen LogP) is 16.7. The zero-order chi connectivity index (χ0) is 42.4. The zero-order valence-electron chi connectivity index (χ0n) is 37.4. The van der Waals surface area contributed by atoms with Gasteiger partial charge in [-0.3, -0.25) is 0 Å². The lowest BCUT2D eigenvalue weighted by atomic mass is 9.66. The fourth-order valence-corrected chi connectivity index (χ4v) is 10.0. The Hall–Kier alpha value is -5.88. The van der Waals surface area contributed by atoms with E-state index in [2.05, 4.69) is 195 Å².